The van der Waals surface area contributed by atoms with E-state index in [1.54, 1.807) is 33.8 Å². The van der Waals surface area contributed by atoms with Crippen LogP contribution in [0.1, 0.15) is 39.3 Å². The van der Waals surface area contributed by atoms with E-state index in [2.05, 4.69) is 11.1 Å². The van der Waals surface area contributed by atoms with E-state index in [9.17, 15) is 25.0 Å². The van der Waals surface area contributed by atoms with Crippen LogP contribution < -0.4 is 0 Å². The molecule has 0 fully saturated rings. The Morgan fingerprint density at radius 3 is 2.67 bits per heavy atom. The summed E-state index contributed by atoms with van der Waals surface area (Å²) in [5, 5.41) is 20.7. The first kappa shape index (κ1) is 20.0. The fourth-order valence-electron chi connectivity index (χ4n) is 2.85. The predicted molar refractivity (Wildman–Crippen MR) is 96.0 cm³/mol. The number of hydrogen-bond donors (Lipinski definition) is 0. The van der Waals surface area contributed by atoms with Crippen LogP contribution >= 0.6 is 0 Å². The molecule has 0 saturated carbocycles. The Morgan fingerprint density at radius 1 is 1.44 bits per heavy atom. The molecule has 0 radical (unpaired) electrons. The molecule has 0 saturated heterocycles. The van der Waals surface area contributed by atoms with Gasteiger partial charge < -0.3 is 9.64 Å². The van der Waals surface area contributed by atoms with E-state index in [0.717, 1.165) is 4.90 Å². The summed E-state index contributed by atoms with van der Waals surface area (Å²) in [5.74, 6) is -1.50. The zero-order valence-electron chi connectivity index (χ0n) is 15.5. The van der Waals surface area contributed by atoms with E-state index in [1.807, 2.05) is 0 Å². The summed E-state index contributed by atoms with van der Waals surface area (Å²) < 4.78 is 5.26. The van der Waals surface area contributed by atoms with Crippen molar-refractivity contribution in [3.05, 3.63) is 39.9 Å². The molecule has 1 aliphatic rings. The molecule has 142 valence electrons. The molecule has 2 rings (SSSR count). The standard InChI is InChI=1S/C18H20N4O5/c1-11-14(9-19)16(12-6-5-7-13(8-12)22(25)26)21(17(24)20-11)10-15(23)27-18(2,3)4/h5-8,14,16H,10H2,1-4H3. The Balaban J connectivity index is 2.47. The third-order valence-corrected chi connectivity index (χ3v) is 3.90. The third-order valence-electron chi connectivity index (χ3n) is 3.90. The van der Waals surface area contributed by atoms with E-state index in [4.69, 9.17) is 4.74 Å². The molecule has 1 aromatic carbocycles. The maximum absolute atomic E-state index is 12.5. The molecule has 0 spiro atoms. The molecule has 2 unspecified atom stereocenters. The normalized spacial score (nSPS) is 19.9. The topological polar surface area (TPSA) is 126 Å². The van der Waals surface area contributed by atoms with E-state index < -0.39 is 41.0 Å². The summed E-state index contributed by atoms with van der Waals surface area (Å²) in [6, 6.07) is 6.16. The van der Waals surface area contributed by atoms with Gasteiger partial charge in [0.2, 0.25) is 0 Å². The summed E-state index contributed by atoms with van der Waals surface area (Å²) in [6.07, 6.45) is 0. The largest absolute Gasteiger partial charge is 0.459 e. The maximum atomic E-state index is 12.5. The highest BCUT2D eigenvalue weighted by Gasteiger charge is 2.40. The average molecular weight is 372 g/mol. The predicted octanol–water partition coefficient (Wildman–Crippen LogP) is 3.01. The van der Waals surface area contributed by atoms with Crippen LogP contribution in [0.15, 0.2) is 29.3 Å². The Bertz CT molecular complexity index is 850. The van der Waals surface area contributed by atoms with Crippen LogP contribution in [0.5, 0.6) is 0 Å². The lowest BCUT2D eigenvalue weighted by molar-refractivity contribution is -0.385. The fourth-order valence-corrected chi connectivity index (χ4v) is 2.85. The lowest BCUT2D eigenvalue weighted by Gasteiger charge is -2.36. The van der Waals surface area contributed by atoms with Crippen LogP contribution in [-0.2, 0) is 9.53 Å². The molecule has 27 heavy (non-hydrogen) atoms. The van der Waals surface area contributed by atoms with Crippen LogP contribution in [-0.4, -0.2) is 39.7 Å². The number of carbonyl (C=O) groups is 2. The van der Waals surface area contributed by atoms with E-state index >= 15 is 0 Å². The molecule has 0 bridgehead atoms. The van der Waals surface area contributed by atoms with E-state index in [1.165, 1.54) is 18.2 Å². The Morgan fingerprint density at radius 2 is 2.11 bits per heavy atom. The lowest BCUT2D eigenvalue weighted by Crippen LogP contribution is -2.46. The van der Waals surface area contributed by atoms with Crippen molar-refractivity contribution in [3.63, 3.8) is 0 Å². The Labute approximate surface area is 156 Å². The second-order valence-electron chi connectivity index (χ2n) is 7.15. The molecule has 9 nitrogen and oxygen atoms in total. The monoisotopic (exact) mass is 372 g/mol. The smallest absolute Gasteiger partial charge is 0.344 e. The van der Waals surface area contributed by atoms with Gasteiger partial charge in [-0.25, -0.2) is 9.79 Å². The van der Waals surface area contributed by atoms with Crippen molar-refractivity contribution in [1.29, 1.82) is 5.26 Å². The van der Waals surface area contributed by atoms with Crippen LogP contribution in [0.25, 0.3) is 0 Å². The molecule has 0 aromatic heterocycles. The SMILES string of the molecule is CC1=NC(=O)N(CC(=O)OC(C)(C)C)C(c2cccc([N+](=O)[O-])c2)C1C#N. The van der Waals surface area contributed by atoms with E-state index in [-0.39, 0.29) is 5.69 Å². The average Bonchev–Trinajstić information content (AvgIpc) is 2.55. The number of benzene rings is 1. The maximum Gasteiger partial charge on any atom is 0.344 e. The van der Waals surface area contributed by atoms with Crippen molar-refractivity contribution in [3.8, 4) is 6.07 Å². The van der Waals surface area contributed by atoms with Gasteiger partial charge in [-0.2, -0.15) is 5.26 Å². The van der Waals surface area contributed by atoms with Gasteiger partial charge in [-0.15, -0.1) is 0 Å². The van der Waals surface area contributed by atoms with Crippen molar-refractivity contribution < 1.29 is 19.2 Å². The molecule has 9 heteroatoms. The minimum Gasteiger partial charge on any atom is -0.459 e. The molecule has 2 amide bonds. The van der Waals surface area contributed by atoms with Crippen LogP contribution in [0.2, 0.25) is 0 Å². The zero-order valence-corrected chi connectivity index (χ0v) is 15.5. The number of carbonyl (C=O) groups excluding carboxylic acids is 2. The molecule has 0 aliphatic carbocycles. The van der Waals surface area contributed by atoms with Crippen molar-refractivity contribution in [2.45, 2.75) is 39.3 Å². The number of urea groups is 1. The van der Waals surface area contributed by atoms with Crippen LogP contribution in [0.3, 0.4) is 0 Å². The Kier molecular flexibility index (Phi) is 5.59. The number of rotatable bonds is 4. The summed E-state index contributed by atoms with van der Waals surface area (Å²) in [7, 11) is 0. The first-order valence-corrected chi connectivity index (χ1v) is 8.25. The van der Waals surface area contributed by atoms with Gasteiger partial charge in [0.25, 0.3) is 5.69 Å². The van der Waals surface area contributed by atoms with Crippen molar-refractivity contribution in [2.75, 3.05) is 6.54 Å². The summed E-state index contributed by atoms with van der Waals surface area (Å²) in [4.78, 5) is 40.2. The lowest BCUT2D eigenvalue weighted by atomic mass is 9.88. The number of aliphatic imine (C=N–C) groups is 1. The minimum atomic E-state index is -0.882. The molecular formula is C18H20N4O5. The summed E-state index contributed by atoms with van der Waals surface area (Å²) >= 11 is 0. The third kappa shape index (κ3) is 4.67. The van der Waals surface area contributed by atoms with Crippen molar-refractivity contribution in [2.24, 2.45) is 10.9 Å². The molecule has 1 heterocycles. The van der Waals surface area contributed by atoms with Gasteiger partial charge in [-0.05, 0) is 33.3 Å². The van der Waals surface area contributed by atoms with Gasteiger partial charge in [0.05, 0.1) is 17.0 Å². The summed E-state index contributed by atoms with van der Waals surface area (Å²) in [5.41, 5.74) is -0.250. The first-order chi connectivity index (χ1) is 12.5. The quantitative estimate of drug-likeness (QED) is 0.454. The molecule has 1 aliphatic heterocycles. The van der Waals surface area contributed by atoms with Crippen LogP contribution in [0, 0.1) is 27.4 Å². The summed E-state index contributed by atoms with van der Waals surface area (Å²) in [6.45, 7) is 6.21. The molecule has 2 atom stereocenters. The minimum absolute atomic E-state index is 0.172. The highest BCUT2D eigenvalue weighted by Crippen LogP contribution is 2.35. The Hall–Kier alpha value is -3.28. The number of esters is 1. The number of ether oxygens (including phenoxy) is 1. The second kappa shape index (κ2) is 7.53. The van der Waals surface area contributed by atoms with E-state index in [0.29, 0.717) is 11.3 Å². The second-order valence-corrected chi connectivity index (χ2v) is 7.15. The number of nitrogens with zero attached hydrogens (tertiary/aromatic N) is 4. The van der Waals surface area contributed by atoms with Gasteiger partial charge >= 0.3 is 12.0 Å². The highest BCUT2D eigenvalue weighted by atomic mass is 16.6. The molecule has 1 aromatic rings. The molecular weight excluding hydrogens is 352 g/mol. The van der Waals surface area contributed by atoms with Crippen molar-refractivity contribution >= 4 is 23.4 Å². The number of nitro benzene ring substituents is 1. The van der Waals surface area contributed by atoms with Gasteiger partial charge in [-0.3, -0.25) is 14.9 Å². The first-order valence-electron chi connectivity index (χ1n) is 8.25. The van der Waals surface area contributed by atoms with Gasteiger partial charge in [-0.1, -0.05) is 12.1 Å². The number of hydrogen-bond acceptors (Lipinski definition) is 6. The fraction of sp³-hybridized carbons (Fsp3) is 0.444. The number of nitriles is 1. The number of non-ortho nitro benzene ring substituents is 1. The van der Waals surface area contributed by atoms with Gasteiger partial charge in [0.1, 0.15) is 18.1 Å². The van der Waals surface area contributed by atoms with Gasteiger partial charge in [0, 0.05) is 17.8 Å². The highest BCUT2D eigenvalue weighted by molar-refractivity contribution is 6.00. The number of amides is 2. The van der Waals surface area contributed by atoms with Gasteiger partial charge in [0.15, 0.2) is 0 Å². The number of nitro groups is 1. The van der Waals surface area contributed by atoms with Crippen molar-refractivity contribution in [1.82, 2.24) is 4.90 Å². The molecule has 0 N–H and O–H groups in total. The zero-order chi connectivity index (χ0) is 20.4. The van der Waals surface area contributed by atoms with Crippen LogP contribution in [0.4, 0.5) is 10.5 Å².